The lowest BCUT2D eigenvalue weighted by Gasteiger charge is -2.30. The number of ketones is 1. The van der Waals surface area contributed by atoms with Gasteiger partial charge in [0, 0.05) is 6.42 Å². The molecule has 0 spiro atoms. The molecule has 1 aliphatic rings. The largest absolute Gasteiger partial charge is 0.295 e. The van der Waals surface area contributed by atoms with Gasteiger partial charge >= 0.3 is 0 Å². The molecule has 0 N–H and O–H groups in total. The summed E-state index contributed by atoms with van der Waals surface area (Å²) in [7, 11) is 0. The van der Waals surface area contributed by atoms with Gasteiger partial charge in [-0.2, -0.15) is 0 Å². The van der Waals surface area contributed by atoms with Crippen LogP contribution < -0.4 is 0 Å². The zero-order chi connectivity index (χ0) is 12.3. The van der Waals surface area contributed by atoms with Crippen molar-refractivity contribution < 1.29 is 4.79 Å². The Morgan fingerprint density at radius 1 is 1.44 bits per heavy atom. The molecule has 0 bridgehead atoms. The van der Waals surface area contributed by atoms with Crippen molar-refractivity contribution in [2.45, 2.75) is 53.9 Å². The van der Waals surface area contributed by atoms with Crippen LogP contribution >= 0.6 is 0 Å². The van der Waals surface area contributed by atoms with E-state index in [1.54, 1.807) is 0 Å². The third kappa shape index (κ3) is 4.34. The highest BCUT2D eigenvalue weighted by atomic mass is 16.1. The average Bonchev–Trinajstić information content (AvgIpc) is 1.95. The Balaban J connectivity index is 2.77. The maximum Gasteiger partial charge on any atom is 0.156 e. The Labute approximate surface area is 99.6 Å². The molecule has 0 aromatic heterocycles. The van der Waals surface area contributed by atoms with E-state index in [2.05, 4.69) is 40.7 Å². The van der Waals surface area contributed by atoms with Crippen LogP contribution in [-0.2, 0) is 4.79 Å². The van der Waals surface area contributed by atoms with Crippen molar-refractivity contribution in [3.8, 4) is 0 Å². The van der Waals surface area contributed by atoms with Gasteiger partial charge in [-0.1, -0.05) is 39.3 Å². The molecule has 0 aliphatic heterocycles. The lowest BCUT2D eigenvalue weighted by atomic mass is 9.75. The van der Waals surface area contributed by atoms with E-state index in [0.717, 1.165) is 12.8 Å². The van der Waals surface area contributed by atoms with Crippen LogP contribution in [0.5, 0.6) is 0 Å². The summed E-state index contributed by atoms with van der Waals surface area (Å²) in [6.07, 6.45) is 6.86. The number of rotatable bonds is 3. The third-order valence-corrected chi connectivity index (χ3v) is 2.83. The first kappa shape index (κ1) is 13.2. The molecule has 0 saturated heterocycles. The lowest BCUT2D eigenvalue weighted by Crippen LogP contribution is -2.17. The molecule has 16 heavy (non-hydrogen) atoms. The van der Waals surface area contributed by atoms with Crippen LogP contribution in [0.1, 0.15) is 53.9 Å². The van der Waals surface area contributed by atoms with E-state index in [9.17, 15) is 4.79 Å². The summed E-state index contributed by atoms with van der Waals surface area (Å²) in [6.45, 7) is 10.9. The van der Waals surface area contributed by atoms with Crippen LogP contribution in [0.25, 0.3) is 0 Å². The van der Waals surface area contributed by atoms with Gasteiger partial charge in [0.25, 0.3) is 0 Å². The van der Waals surface area contributed by atoms with E-state index in [1.807, 2.05) is 6.08 Å². The van der Waals surface area contributed by atoms with Gasteiger partial charge in [-0.3, -0.25) is 4.79 Å². The molecule has 0 unspecified atom stereocenters. The van der Waals surface area contributed by atoms with Crippen LogP contribution in [0.2, 0.25) is 0 Å². The van der Waals surface area contributed by atoms with Crippen molar-refractivity contribution in [1.82, 2.24) is 0 Å². The van der Waals surface area contributed by atoms with E-state index in [0.29, 0.717) is 17.8 Å². The van der Waals surface area contributed by atoms with Gasteiger partial charge in [0.1, 0.15) is 0 Å². The summed E-state index contributed by atoms with van der Waals surface area (Å²) in [5, 5.41) is 0. The fourth-order valence-corrected chi connectivity index (χ4v) is 2.55. The highest BCUT2D eigenvalue weighted by Crippen LogP contribution is 2.37. The van der Waals surface area contributed by atoms with Crippen molar-refractivity contribution in [2.24, 2.45) is 11.3 Å². The predicted molar refractivity (Wildman–Crippen MR) is 69.3 cm³/mol. The Morgan fingerprint density at radius 2 is 2.06 bits per heavy atom. The van der Waals surface area contributed by atoms with Gasteiger partial charge in [-0.25, -0.2) is 0 Å². The Kier molecular flexibility index (Phi) is 4.12. The molecule has 0 atom stereocenters. The average molecular weight is 220 g/mol. The monoisotopic (exact) mass is 220 g/mol. The van der Waals surface area contributed by atoms with Gasteiger partial charge in [0.15, 0.2) is 5.78 Å². The molecule has 1 rings (SSSR count). The zero-order valence-electron chi connectivity index (χ0n) is 11.3. The number of carbonyl (C=O) groups excluding carboxylic acids is 1. The first-order valence-electron chi connectivity index (χ1n) is 6.19. The van der Waals surface area contributed by atoms with E-state index in [1.165, 1.54) is 11.1 Å². The maximum atomic E-state index is 11.7. The first-order valence-corrected chi connectivity index (χ1v) is 6.19. The summed E-state index contributed by atoms with van der Waals surface area (Å²) in [4.78, 5) is 11.7. The van der Waals surface area contributed by atoms with E-state index in [4.69, 9.17) is 0 Å². The van der Waals surface area contributed by atoms with Crippen molar-refractivity contribution in [2.75, 3.05) is 0 Å². The van der Waals surface area contributed by atoms with E-state index < -0.39 is 0 Å². The standard InChI is InChI=1S/C15H24O/c1-11(2)6-14(16)8-13-7-12(3)9-15(4,5)10-13/h7-8,11H,6,9-10H2,1-5H3. The van der Waals surface area contributed by atoms with Crippen LogP contribution in [0.15, 0.2) is 23.3 Å². The molecule has 0 amide bonds. The summed E-state index contributed by atoms with van der Waals surface area (Å²) < 4.78 is 0. The van der Waals surface area contributed by atoms with Crippen LogP contribution in [-0.4, -0.2) is 5.78 Å². The minimum absolute atomic E-state index is 0.270. The maximum absolute atomic E-state index is 11.7. The Morgan fingerprint density at radius 3 is 2.56 bits per heavy atom. The van der Waals surface area contributed by atoms with Gasteiger partial charge in [-0.15, -0.1) is 0 Å². The lowest BCUT2D eigenvalue weighted by molar-refractivity contribution is -0.115. The fraction of sp³-hybridized carbons (Fsp3) is 0.667. The molecule has 0 saturated carbocycles. The third-order valence-electron chi connectivity index (χ3n) is 2.83. The molecule has 90 valence electrons. The Hall–Kier alpha value is -0.850. The van der Waals surface area contributed by atoms with Crippen molar-refractivity contribution in [1.29, 1.82) is 0 Å². The van der Waals surface area contributed by atoms with Crippen LogP contribution in [0.4, 0.5) is 0 Å². The summed E-state index contributed by atoms with van der Waals surface area (Å²) in [5.41, 5.74) is 2.90. The fourth-order valence-electron chi connectivity index (χ4n) is 2.55. The van der Waals surface area contributed by atoms with Crippen molar-refractivity contribution >= 4 is 5.78 Å². The van der Waals surface area contributed by atoms with Gasteiger partial charge in [0.2, 0.25) is 0 Å². The molecule has 0 fully saturated rings. The first-order chi connectivity index (χ1) is 7.28. The van der Waals surface area contributed by atoms with E-state index >= 15 is 0 Å². The SMILES string of the molecule is CC1=CC(=CC(=O)CC(C)C)CC(C)(C)C1. The second kappa shape index (κ2) is 4.99. The molecule has 1 nitrogen and oxygen atoms in total. The number of hydrogen-bond acceptors (Lipinski definition) is 1. The van der Waals surface area contributed by atoms with Gasteiger partial charge in [-0.05, 0) is 42.7 Å². The molecule has 0 aromatic carbocycles. The zero-order valence-corrected chi connectivity index (χ0v) is 11.3. The van der Waals surface area contributed by atoms with Crippen LogP contribution in [0.3, 0.4) is 0 Å². The predicted octanol–water partition coefficient (Wildman–Crippen LogP) is 4.29. The normalized spacial score (nSPS) is 22.4. The minimum Gasteiger partial charge on any atom is -0.295 e. The van der Waals surface area contributed by atoms with Gasteiger partial charge < -0.3 is 0 Å². The Bertz CT molecular complexity index is 329. The highest BCUT2D eigenvalue weighted by Gasteiger charge is 2.23. The minimum atomic E-state index is 0.270. The second-order valence-corrected chi connectivity index (χ2v) is 6.29. The second-order valence-electron chi connectivity index (χ2n) is 6.29. The quantitative estimate of drug-likeness (QED) is 0.648. The van der Waals surface area contributed by atoms with Gasteiger partial charge in [0.05, 0.1) is 0 Å². The number of allylic oxidation sites excluding steroid dienone is 4. The van der Waals surface area contributed by atoms with Crippen LogP contribution in [0, 0.1) is 11.3 Å². The topological polar surface area (TPSA) is 17.1 Å². The number of hydrogen-bond donors (Lipinski definition) is 0. The van der Waals surface area contributed by atoms with Crippen molar-refractivity contribution in [3.05, 3.63) is 23.3 Å². The molecule has 1 heteroatoms. The molecule has 1 aliphatic carbocycles. The number of carbonyl (C=O) groups is 1. The summed E-state index contributed by atoms with van der Waals surface area (Å²) >= 11 is 0. The molecule has 0 heterocycles. The van der Waals surface area contributed by atoms with Crippen molar-refractivity contribution in [3.63, 3.8) is 0 Å². The molecular weight excluding hydrogens is 196 g/mol. The smallest absolute Gasteiger partial charge is 0.156 e. The molecule has 0 aromatic rings. The summed E-state index contributed by atoms with van der Waals surface area (Å²) in [5.74, 6) is 0.720. The molecular formula is C15H24O. The highest BCUT2D eigenvalue weighted by molar-refractivity contribution is 5.90. The van der Waals surface area contributed by atoms with E-state index in [-0.39, 0.29) is 5.78 Å². The molecule has 0 radical (unpaired) electrons. The summed E-state index contributed by atoms with van der Waals surface area (Å²) in [6, 6.07) is 0.